The summed E-state index contributed by atoms with van der Waals surface area (Å²) in [5, 5.41) is 3.51. The monoisotopic (exact) mass is 295 g/mol. The van der Waals surface area contributed by atoms with Crippen molar-refractivity contribution in [2.24, 2.45) is 0 Å². The fraction of sp³-hybridized carbons (Fsp3) is 0.600. The topological polar surface area (TPSA) is 45.2 Å². The molecule has 0 aromatic carbocycles. The van der Waals surface area contributed by atoms with E-state index in [4.69, 9.17) is 11.6 Å². The molecule has 110 valence electrons. The van der Waals surface area contributed by atoms with Crippen LogP contribution >= 0.6 is 11.6 Å². The van der Waals surface area contributed by atoms with Crippen molar-refractivity contribution in [2.45, 2.75) is 45.2 Å². The van der Waals surface area contributed by atoms with E-state index >= 15 is 0 Å². The largest absolute Gasteiger partial charge is 0.349 e. The van der Waals surface area contributed by atoms with E-state index in [1.54, 1.807) is 12.3 Å². The second-order valence-corrected chi connectivity index (χ2v) is 6.67. The molecule has 0 atom stereocenters. The third kappa shape index (κ3) is 3.70. The van der Waals surface area contributed by atoms with Gasteiger partial charge in [-0.25, -0.2) is 0 Å². The SMILES string of the molecule is CC(C)(C)N1CCC(NC(=O)c2cnccc2Cl)CC1. The standard InChI is InChI=1S/C15H22ClN3O/c1-15(2,3)19-8-5-11(6-9-19)18-14(20)12-10-17-7-4-13(12)16/h4,7,10-11H,5-6,8-9H2,1-3H3,(H,18,20). The maximum Gasteiger partial charge on any atom is 0.254 e. The van der Waals surface area contributed by atoms with Crippen LogP contribution in [0.1, 0.15) is 44.0 Å². The minimum absolute atomic E-state index is 0.127. The molecular formula is C15H22ClN3O. The van der Waals surface area contributed by atoms with Gasteiger partial charge in [0.2, 0.25) is 0 Å². The van der Waals surface area contributed by atoms with Gasteiger partial charge in [0.1, 0.15) is 0 Å². The van der Waals surface area contributed by atoms with Crippen LogP contribution in [0.2, 0.25) is 5.02 Å². The number of likely N-dealkylation sites (tertiary alicyclic amines) is 1. The van der Waals surface area contributed by atoms with E-state index in [-0.39, 0.29) is 17.5 Å². The molecule has 1 saturated heterocycles. The molecule has 2 rings (SSSR count). The van der Waals surface area contributed by atoms with E-state index in [0.717, 1.165) is 25.9 Å². The number of amides is 1. The third-order valence-electron chi connectivity index (χ3n) is 3.79. The second-order valence-electron chi connectivity index (χ2n) is 6.26. The van der Waals surface area contributed by atoms with Crippen LogP contribution in [0.25, 0.3) is 0 Å². The lowest BCUT2D eigenvalue weighted by Gasteiger charge is -2.41. The lowest BCUT2D eigenvalue weighted by Crippen LogP contribution is -2.50. The fourth-order valence-corrected chi connectivity index (χ4v) is 2.69. The van der Waals surface area contributed by atoms with Crippen molar-refractivity contribution in [3.8, 4) is 0 Å². The van der Waals surface area contributed by atoms with Crippen LogP contribution in [0, 0.1) is 0 Å². The van der Waals surface area contributed by atoms with Crippen molar-refractivity contribution in [1.82, 2.24) is 15.2 Å². The molecule has 0 saturated carbocycles. The minimum Gasteiger partial charge on any atom is -0.349 e. The van der Waals surface area contributed by atoms with Crippen LogP contribution in [0.4, 0.5) is 0 Å². The number of carbonyl (C=O) groups excluding carboxylic acids is 1. The normalized spacial score (nSPS) is 18.0. The van der Waals surface area contributed by atoms with Crippen molar-refractivity contribution >= 4 is 17.5 Å². The molecule has 0 unspecified atom stereocenters. The first-order valence-corrected chi connectivity index (χ1v) is 7.41. The van der Waals surface area contributed by atoms with Crippen molar-refractivity contribution in [3.05, 3.63) is 29.0 Å². The van der Waals surface area contributed by atoms with Gasteiger partial charge in [-0.15, -0.1) is 0 Å². The number of hydrogen-bond donors (Lipinski definition) is 1. The average Bonchev–Trinajstić information content (AvgIpc) is 2.38. The number of aromatic nitrogens is 1. The first kappa shape index (κ1) is 15.3. The molecule has 0 radical (unpaired) electrons. The van der Waals surface area contributed by atoms with E-state index in [0.29, 0.717) is 10.6 Å². The summed E-state index contributed by atoms with van der Waals surface area (Å²) < 4.78 is 0. The lowest BCUT2D eigenvalue weighted by molar-refractivity contribution is 0.0812. The molecular weight excluding hydrogens is 274 g/mol. The summed E-state index contributed by atoms with van der Waals surface area (Å²) in [6, 6.07) is 1.86. The number of nitrogens with one attached hydrogen (secondary N) is 1. The van der Waals surface area contributed by atoms with Gasteiger partial charge in [-0.1, -0.05) is 11.6 Å². The molecule has 5 heteroatoms. The van der Waals surface area contributed by atoms with Crippen molar-refractivity contribution < 1.29 is 4.79 Å². The number of carbonyl (C=O) groups is 1. The summed E-state index contributed by atoms with van der Waals surface area (Å²) >= 11 is 6.01. The molecule has 0 bridgehead atoms. The first-order valence-electron chi connectivity index (χ1n) is 7.03. The summed E-state index contributed by atoms with van der Waals surface area (Å²) in [5.74, 6) is -0.127. The highest BCUT2D eigenvalue weighted by Crippen LogP contribution is 2.21. The maximum absolute atomic E-state index is 12.2. The zero-order valence-corrected chi connectivity index (χ0v) is 13.1. The second kappa shape index (κ2) is 6.10. The van der Waals surface area contributed by atoms with Gasteiger partial charge in [-0.05, 0) is 39.7 Å². The van der Waals surface area contributed by atoms with Crippen LogP contribution < -0.4 is 5.32 Å². The zero-order valence-electron chi connectivity index (χ0n) is 12.3. The summed E-state index contributed by atoms with van der Waals surface area (Å²) in [6.45, 7) is 8.69. The number of pyridine rings is 1. The van der Waals surface area contributed by atoms with Crippen LogP contribution in [-0.4, -0.2) is 40.5 Å². The lowest BCUT2D eigenvalue weighted by atomic mass is 9.98. The Morgan fingerprint density at radius 3 is 2.60 bits per heavy atom. The highest BCUT2D eigenvalue weighted by Gasteiger charge is 2.27. The average molecular weight is 296 g/mol. The van der Waals surface area contributed by atoms with Crippen molar-refractivity contribution in [1.29, 1.82) is 0 Å². The highest BCUT2D eigenvalue weighted by molar-refractivity contribution is 6.33. The van der Waals surface area contributed by atoms with Crippen LogP contribution in [0.5, 0.6) is 0 Å². The summed E-state index contributed by atoms with van der Waals surface area (Å²) in [6.07, 6.45) is 5.05. The predicted molar refractivity (Wildman–Crippen MR) is 81.1 cm³/mol. The van der Waals surface area contributed by atoms with E-state index in [9.17, 15) is 4.79 Å². The van der Waals surface area contributed by atoms with E-state index in [2.05, 4.69) is 36.0 Å². The molecule has 1 aromatic heterocycles. The molecule has 1 N–H and O–H groups in total. The van der Waals surface area contributed by atoms with Gasteiger partial charge in [0.15, 0.2) is 0 Å². The molecule has 1 aromatic rings. The predicted octanol–water partition coefficient (Wildman–Crippen LogP) is 2.73. The van der Waals surface area contributed by atoms with Crippen LogP contribution in [0.3, 0.4) is 0 Å². The number of hydrogen-bond acceptors (Lipinski definition) is 3. The molecule has 2 heterocycles. The molecule has 1 amide bonds. The van der Waals surface area contributed by atoms with Gasteiger partial charge >= 0.3 is 0 Å². The Balaban J connectivity index is 1.90. The van der Waals surface area contributed by atoms with Gasteiger partial charge in [0.25, 0.3) is 5.91 Å². The first-order chi connectivity index (χ1) is 9.38. The van der Waals surface area contributed by atoms with E-state index in [1.165, 1.54) is 6.20 Å². The smallest absolute Gasteiger partial charge is 0.254 e. The van der Waals surface area contributed by atoms with Crippen molar-refractivity contribution in [3.63, 3.8) is 0 Å². The number of rotatable bonds is 2. The quantitative estimate of drug-likeness (QED) is 0.912. The Bertz CT molecular complexity index is 476. The molecule has 4 nitrogen and oxygen atoms in total. The Kier molecular flexibility index (Phi) is 4.66. The zero-order chi connectivity index (χ0) is 14.8. The number of halogens is 1. The molecule has 1 aliphatic heterocycles. The Labute approximate surface area is 125 Å². The minimum atomic E-state index is -0.127. The number of piperidine rings is 1. The Morgan fingerprint density at radius 2 is 2.05 bits per heavy atom. The maximum atomic E-state index is 12.2. The summed E-state index contributed by atoms with van der Waals surface area (Å²) in [4.78, 5) is 18.6. The van der Waals surface area contributed by atoms with E-state index < -0.39 is 0 Å². The Hall–Kier alpha value is -1.13. The molecule has 1 aliphatic rings. The summed E-state index contributed by atoms with van der Waals surface area (Å²) in [7, 11) is 0. The fourth-order valence-electron chi connectivity index (χ4n) is 2.50. The van der Waals surface area contributed by atoms with Gasteiger partial charge < -0.3 is 5.32 Å². The van der Waals surface area contributed by atoms with Gasteiger partial charge in [-0.3, -0.25) is 14.7 Å². The highest BCUT2D eigenvalue weighted by atomic mass is 35.5. The van der Waals surface area contributed by atoms with Crippen LogP contribution in [-0.2, 0) is 0 Å². The van der Waals surface area contributed by atoms with Gasteiger partial charge in [0.05, 0.1) is 10.6 Å². The number of nitrogens with zero attached hydrogens (tertiary/aromatic N) is 2. The molecule has 20 heavy (non-hydrogen) atoms. The van der Waals surface area contributed by atoms with Crippen molar-refractivity contribution in [2.75, 3.05) is 13.1 Å². The van der Waals surface area contributed by atoms with E-state index in [1.807, 2.05) is 0 Å². The van der Waals surface area contributed by atoms with Gasteiger partial charge in [-0.2, -0.15) is 0 Å². The van der Waals surface area contributed by atoms with Crippen LogP contribution in [0.15, 0.2) is 18.5 Å². The summed E-state index contributed by atoms with van der Waals surface area (Å²) in [5.41, 5.74) is 0.647. The Morgan fingerprint density at radius 1 is 1.40 bits per heavy atom. The molecule has 0 aliphatic carbocycles. The molecule has 0 spiro atoms. The van der Waals surface area contributed by atoms with Gasteiger partial charge in [0, 0.05) is 37.1 Å². The molecule has 1 fully saturated rings. The third-order valence-corrected chi connectivity index (χ3v) is 4.12.